The number of likely N-dealkylation sites (N-methyl/N-ethyl adjacent to an activating group) is 1. The Kier molecular flexibility index (Phi) is 5.31. The van der Waals surface area contributed by atoms with Gasteiger partial charge in [-0.1, -0.05) is 0 Å². The van der Waals surface area contributed by atoms with Crippen molar-refractivity contribution >= 4 is 0 Å². The van der Waals surface area contributed by atoms with Crippen molar-refractivity contribution in [2.75, 3.05) is 41.0 Å². The number of nitrogens with two attached hydrogens (primary N) is 1. The smallest absolute Gasteiger partial charge is 0.203 e. The number of quaternary nitrogens is 2. The second kappa shape index (κ2) is 7.00. The van der Waals surface area contributed by atoms with Gasteiger partial charge in [-0.15, -0.1) is 0 Å². The number of nitrogens with one attached hydrogen (secondary N) is 1. The first-order valence-electron chi connectivity index (χ1n) is 7.69. The van der Waals surface area contributed by atoms with Crippen LogP contribution < -0.4 is 24.4 Å². The third-order valence-corrected chi connectivity index (χ3v) is 4.47. The van der Waals surface area contributed by atoms with Crippen LogP contribution in [0, 0.1) is 0 Å². The van der Waals surface area contributed by atoms with Gasteiger partial charge in [0.15, 0.2) is 17.5 Å². The van der Waals surface area contributed by atoms with E-state index in [-0.39, 0.29) is 0 Å². The average molecular weight is 296 g/mol. The van der Waals surface area contributed by atoms with Gasteiger partial charge in [-0.25, -0.2) is 0 Å². The van der Waals surface area contributed by atoms with Crippen LogP contribution in [0.1, 0.15) is 31.0 Å². The molecule has 118 valence electrons. The summed E-state index contributed by atoms with van der Waals surface area (Å²) in [6, 6.07) is 2.53. The van der Waals surface area contributed by atoms with E-state index in [0.717, 1.165) is 37.7 Å². The third kappa shape index (κ3) is 2.80. The Labute approximate surface area is 127 Å². The van der Waals surface area contributed by atoms with Crippen LogP contribution >= 0.6 is 0 Å². The Morgan fingerprint density at radius 1 is 1.10 bits per heavy atom. The summed E-state index contributed by atoms with van der Waals surface area (Å²) in [5.74, 6) is 2.29. The van der Waals surface area contributed by atoms with E-state index in [0.29, 0.717) is 11.8 Å². The topological polar surface area (TPSA) is 48.7 Å². The predicted molar refractivity (Wildman–Crippen MR) is 81.4 cm³/mol. The summed E-state index contributed by atoms with van der Waals surface area (Å²) in [5, 5.41) is 2.36. The Morgan fingerprint density at radius 3 is 2.29 bits per heavy atom. The lowest BCUT2D eigenvalue weighted by Crippen LogP contribution is -3.14. The summed E-state index contributed by atoms with van der Waals surface area (Å²) in [6.07, 6.45) is 0. The molecule has 0 bridgehead atoms. The summed E-state index contributed by atoms with van der Waals surface area (Å²) < 4.78 is 16.7. The number of hydrogen-bond acceptors (Lipinski definition) is 3. The normalized spacial score (nSPS) is 17.5. The van der Waals surface area contributed by atoms with Gasteiger partial charge in [0.2, 0.25) is 5.75 Å². The molecule has 1 aromatic carbocycles. The van der Waals surface area contributed by atoms with Gasteiger partial charge < -0.3 is 24.4 Å². The maximum absolute atomic E-state index is 5.71. The Bertz CT molecular complexity index is 487. The highest BCUT2D eigenvalue weighted by atomic mass is 16.5. The molecule has 0 aliphatic carbocycles. The fourth-order valence-corrected chi connectivity index (χ4v) is 3.42. The minimum atomic E-state index is 0.429. The van der Waals surface area contributed by atoms with Crippen molar-refractivity contribution in [1.29, 1.82) is 0 Å². The second-order valence-electron chi connectivity index (χ2n) is 5.36. The number of ether oxygens (including phenoxy) is 3. The molecular formula is C16H28N2O3+2. The van der Waals surface area contributed by atoms with Crippen LogP contribution in [0.3, 0.4) is 0 Å². The number of fused-ring (bicyclic) bond motifs is 1. The van der Waals surface area contributed by atoms with Crippen molar-refractivity contribution in [2.45, 2.75) is 26.4 Å². The van der Waals surface area contributed by atoms with Crippen molar-refractivity contribution < 1.29 is 24.4 Å². The first-order valence-corrected chi connectivity index (χ1v) is 7.69. The lowest BCUT2D eigenvalue weighted by molar-refractivity contribution is -0.945. The zero-order valence-electron chi connectivity index (χ0n) is 13.8. The molecule has 1 atom stereocenters. The molecule has 0 amide bonds. The molecule has 0 saturated heterocycles. The Balaban J connectivity index is 2.60. The maximum atomic E-state index is 5.71. The van der Waals surface area contributed by atoms with E-state index in [9.17, 15) is 0 Å². The molecule has 0 fully saturated rings. The first kappa shape index (κ1) is 15.9. The molecule has 2 rings (SSSR count). The van der Waals surface area contributed by atoms with Gasteiger partial charge in [0.05, 0.1) is 40.0 Å². The fourth-order valence-electron chi connectivity index (χ4n) is 3.42. The lowest BCUT2D eigenvalue weighted by Gasteiger charge is -2.32. The highest BCUT2D eigenvalue weighted by molar-refractivity contribution is 5.60. The van der Waals surface area contributed by atoms with Gasteiger partial charge in [-0.3, -0.25) is 0 Å². The SMILES string of the molecule is CC[NH+](CC)[C@@H]1C[NH2+]Cc2cc(OC)c(OC)c(OC)c21. The third-order valence-electron chi connectivity index (χ3n) is 4.47. The molecule has 5 heteroatoms. The number of methoxy groups -OCH3 is 3. The van der Waals surface area contributed by atoms with E-state index in [2.05, 4.69) is 25.2 Å². The lowest BCUT2D eigenvalue weighted by atomic mass is 9.93. The standard InChI is InChI=1S/C16H26N2O3/c1-6-18(7-2)12-10-17-9-11-8-13(19-3)15(20-4)16(21-5)14(11)12/h8,12,17H,6-7,9-10H2,1-5H3/p+2/t12-/m1/s1. The van der Waals surface area contributed by atoms with Gasteiger partial charge in [-0.05, 0) is 19.9 Å². The first-order chi connectivity index (χ1) is 10.2. The van der Waals surface area contributed by atoms with Crippen molar-refractivity contribution in [2.24, 2.45) is 0 Å². The number of hydrogen-bond donors (Lipinski definition) is 2. The molecule has 1 aliphatic rings. The zero-order chi connectivity index (χ0) is 15.4. The maximum Gasteiger partial charge on any atom is 0.203 e. The van der Waals surface area contributed by atoms with Crippen LogP contribution in [0.5, 0.6) is 17.2 Å². The van der Waals surface area contributed by atoms with E-state index in [4.69, 9.17) is 14.2 Å². The van der Waals surface area contributed by atoms with Crippen LogP contribution in [-0.4, -0.2) is 41.0 Å². The van der Waals surface area contributed by atoms with Crippen LogP contribution in [0.4, 0.5) is 0 Å². The van der Waals surface area contributed by atoms with Crippen molar-refractivity contribution in [3.8, 4) is 17.2 Å². The summed E-state index contributed by atoms with van der Waals surface area (Å²) in [4.78, 5) is 1.57. The van der Waals surface area contributed by atoms with Crippen molar-refractivity contribution in [3.05, 3.63) is 17.2 Å². The van der Waals surface area contributed by atoms with Crippen LogP contribution in [0.2, 0.25) is 0 Å². The molecule has 0 aromatic heterocycles. The van der Waals surface area contributed by atoms with E-state index in [1.165, 1.54) is 11.1 Å². The highest BCUT2D eigenvalue weighted by Gasteiger charge is 2.36. The monoisotopic (exact) mass is 296 g/mol. The highest BCUT2D eigenvalue weighted by Crippen LogP contribution is 2.44. The number of benzene rings is 1. The van der Waals surface area contributed by atoms with Crippen LogP contribution in [0.25, 0.3) is 0 Å². The van der Waals surface area contributed by atoms with E-state index in [1.807, 2.05) is 0 Å². The van der Waals surface area contributed by atoms with Gasteiger partial charge in [0, 0.05) is 5.56 Å². The molecule has 0 saturated carbocycles. The molecule has 5 nitrogen and oxygen atoms in total. The summed E-state index contributed by atoms with van der Waals surface area (Å²) >= 11 is 0. The minimum absolute atomic E-state index is 0.429. The molecule has 0 radical (unpaired) electrons. The quantitative estimate of drug-likeness (QED) is 0.761. The fraction of sp³-hybridized carbons (Fsp3) is 0.625. The Hall–Kier alpha value is -1.46. The molecule has 0 spiro atoms. The molecule has 0 unspecified atom stereocenters. The molecular weight excluding hydrogens is 268 g/mol. The van der Waals surface area contributed by atoms with Gasteiger partial charge in [-0.2, -0.15) is 0 Å². The van der Waals surface area contributed by atoms with E-state index >= 15 is 0 Å². The van der Waals surface area contributed by atoms with E-state index in [1.54, 1.807) is 26.2 Å². The average Bonchev–Trinajstić information content (AvgIpc) is 2.53. The van der Waals surface area contributed by atoms with Crippen molar-refractivity contribution in [3.63, 3.8) is 0 Å². The predicted octanol–water partition coefficient (Wildman–Crippen LogP) is -0.245. The van der Waals surface area contributed by atoms with Crippen molar-refractivity contribution in [1.82, 2.24) is 0 Å². The van der Waals surface area contributed by atoms with Crippen LogP contribution in [-0.2, 0) is 6.54 Å². The minimum Gasteiger partial charge on any atom is -0.493 e. The molecule has 21 heavy (non-hydrogen) atoms. The van der Waals surface area contributed by atoms with Gasteiger partial charge in [0.25, 0.3) is 0 Å². The molecule has 1 aliphatic heterocycles. The van der Waals surface area contributed by atoms with Crippen LogP contribution in [0.15, 0.2) is 6.07 Å². The number of rotatable bonds is 6. The largest absolute Gasteiger partial charge is 0.493 e. The molecule has 3 N–H and O–H groups in total. The second-order valence-corrected chi connectivity index (χ2v) is 5.36. The summed E-state index contributed by atoms with van der Waals surface area (Å²) in [6.45, 7) is 8.72. The molecule has 1 aromatic rings. The summed E-state index contributed by atoms with van der Waals surface area (Å²) in [7, 11) is 5.05. The van der Waals surface area contributed by atoms with E-state index < -0.39 is 0 Å². The summed E-state index contributed by atoms with van der Waals surface area (Å²) in [5.41, 5.74) is 2.58. The molecule has 1 heterocycles. The van der Waals surface area contributed by atoms with Gasteiger partial charge in [0.1, 0.15) is 13.1 Å². The van der Waals surface area contributed by atoms with Gasteiger partial charge >= 0.3 is 0 Å². The Morgan fingerprint density at radius 2 is 1.76 bits per heavy atom. The zero-order valence-corrected chi connectivity index (χ0v) is 13.8.